The Morgan fingerprint density at radius 3 is 2.40 bits per heavy atom. The van der Waals surface area contributed by atoms with E-state index in [4.69, 9.17) is 11.5 Å². The van der Waals surface area contributed by atoms with Crippen molar-refractivity contribution in [3.63, 3.8) is 0 Å². The van der Waals surface area contributed by atoms with Crippen molar-refractivity contribution < 1.29 is 0 Å². The van der Waals surface area contributed by atoms with Crippen LogP contribution in [0.25, 0.3) is 0 Å². The monoisotopic (exact) mass is 269 g/mol. The van der Waals surface area contributed by atoms with E-state index in [0.717, 1.165) is 17.8 Å². The first kappa shape index (κ1) is 13.1. The fourth-order valence-electron chi connectivity index (χ4n) is 3.46. The average molecular weight is 269 g/mol. The summed E-state index contributed by atoms with van der Waals surface area (Å²) in [4.78, 5) is 2.44. The van der Waals surface area contributed by atoms with Gasteiger partial charge in [0.25, 0.3) is 0 Å². The molecule has 0 bridgehead atoms. The molecule has 2 atom stereocenters. The predicted octanol–water partition coefficient (Wildman–Crippen LogP) is 3.25. The number of rotatable bonds is 1. The van der Waals surface area contributed by atoms with Gasteiger partial charge in [-0.05, 0) is 55.2 Å². The molecule has 1 saturated heterocycles. The standard InChI is InChI=1S/C17H23N3/c1-11-17(2,3)15-10-13(19)6-9-16(15)20(11)14-7-4-12(18)5-8-14/h4-9,11,15H,10,18-19H2,1-3H3. The van der Waals surface area contributed by atoms with Gasteiger partial charge in [0.05, 0.1) is 0 Å². The number of hydrogen-bond donors (Lipinski definition) is 2. The van der Waals surface area contributed by atoms with E-state index in [0.29, 0.717) is 12.0 Å². The van der Waals surface area contributed by atoms with E-state index in [2.05, 4.69) is 43.9 Å². The molecule has 1 aromatic rings. The number of nitrogen functional groups attached to an aromatic ring is 1. The highest BCUT2D eigenvalue weighted by molar-refractivity contribution is 5.61. The third kappa shape index (κ3) is 1.80. The zero-order chi connectivity index (χ0) is 14.5. The molecule has 2 aliphatic rings. The zero-order valence-corrected chi connectivity index (χ0v) is 12.4. The molecule has 2 unspecified atom stereocenters. The van der Waals surface area contributed by atoms with E-state index < -0.39 is 0 Å². The summed E-state index contributed by atoms with van der Waals surface area (Å²) >= 11 is 0. The number of nitrogens with zero attached hydrogens (tertiary/aromatic N) is 1. The summed E-state index contributed by atoms with van der Waals surface area (Å²) in [5.41, 5.74) is 16.4. The van der Waals surface area contributed by atoms with Crippen LogP contribution in [0.15, 0.2) is 47.8 Å². The second-order valence-electron chi connectivity index (χ2n) is 6.55. The highest BCUT2D eigenvalue weighted by atomic mass is 15.2. The minimum Gasteiger partial charge on any atom is -0.402 e. The van der Waals surface area contributed by atoms with Crippen molar-refractivity contribution in [1.82, 2.24) is 0 Å². The molecule has 1 aliphatic heterocycles. The van der Waals surface area contributed by atoms with Crippen molar-refractivity contribution in [2.45, 2.75) is 33.2 Å². The molecule has 0 spiro atoms. The summed E-state index contributed by atoms with van der Waals surface area (Å²) in [6.45, 7) is 6.98. The fourth-order valence-corrected chi connectivity index (χ4v) is 3.46. The number of hydrogen-bond acceptors (Lipinski definition) is 3. The first-order chi connectivity index (χ1) is 9.41. The van der Waals surface area contributed by atoms with Crippen LogP contribution in [0, 0.1) is 11.3 Å². The average Bonchev–Trinajstić information content (AvgIpc) is 2.60. The molecule has 3 rings (SSSR count). The van der Waals surface area contributed by atoms with Gasteiger partial charge in [0.15, 0.2) is 0 Å². The Hall–Kier alpha value is -1.90. The molecule has 1 aromatic carbocycles. The number of nitrogens with two attached hydrogens (primary N) is 2. The van der Waals surface area contributed by atoms with Crippen LogP contribution in [0.3, 0.4) is 0 Å². The number of benzene rings is 1. The number of fused-ring (bicyclic) bond motifs is 1. The van der Waals surface area contributed by atoms with Crippen LogP contribution in [0.4, 0.5) is 11.4 Å². The Morgan fingerprint density at radius 1 is 1.10 bits per heavy atom. The van der Waals surface area contributed by atoms with Crippen LogP contribution in [-0.2, 0) is 0 Å². The Balaban J connectivity index is 2.07. The van der Waals surface area contributed by atoms with Gasteiger partial charge in [-0.15, -0.1) is 0 Å². The molecular weight excluding hydrogens is 246 g/mol. The van der Waals surface area contributed by atoms with E-state index in [9.17, 15) is 0 Å². The predicted molar refractivity (Wildman–Crippen MR) is 85.0 cm³/mol. The molecule has 0 radical (unpaired) electrons. The third-order valence-electron chi connectivity index (χ3n) is 5.08. The Labute approximate surface area is 120 Å². The lowest BCUT2D eigenvalue weighted by molar-refractivity contribution is 0.252. The van der Waals surface area contributed by atoms with Gasteiger partial charge >= 0.3 is 0 Å². The van der Waals surface area contributed by atoms with Crippen molar-refractivity contribution in [3.05, 3.63) is 47.8 Å². The molecule has 1 heterocycles. The minimum atomic E-state index is 0.200. The summed E-state index contributed by atoms with van der Waals surface area (Å²) in [6.07, 6.45) is 5.18. The van der Waals surface area contributed by atoms with Crippen molar-refractivity contribution in [2.75, 3.05) is 10.6 Å². The van der Waals surface area contributed by atoms with Crippen LogP contribution in [0.5, 0.6) is 0 Å². The Morgan fingerprint density at radius 2 is 1.75 bits per heavy atom. The lowest BCUT2D eigenvalue weighted by Gasteiger charge is -2.32. The van der Waals surface area contributed by atoms with Gasteiger partial charge in [0.2, 0.25) is 0 Å². The summed E-state index contributed by atoms with van der Waals surface area (Å²) in [5, 5.41) is 0. The van der Waals surface area contributed by atoms with Crippen LogP contribution in [-0.4, -0.2) is 6.04 Å². The van der Waals surface area contributed by atoms with Crippen LogP contribution < -0.4 is 16.4 Å². The van der Waals surface area contributed by atoms with E-state index in [1.54, 1.807) is 0 Å². The Bertz CT molecular complexity index is 581. The zero-order valence-electron chi connectivity index (χ0n) is 12.4. The highest BCUT2D eigenvalue weighted by Gasteiger charge is 2.49. The molecular formula is C17H23N3. The van der Waals surface area contributed by atoms with E-state index in [-0.39, 0.29) is 5.41 Å². The SMILES string of the molecule is CC1N(c2ccc(N)cc2)C2=CC=C(N)CC2C1(C)C. The molecule has 1 aliphatic carbocycles. The van der Waals surface area contributed by atoms with Gasteiger partial charge in [-0.3, -0.25) is 0 Å². The molecule has 106 valence electrons. The van der Waals surface area contributed by atoms with Gasteiger partial charge in [0, 0.05) is 34.7 Å². The highest BCUT2D eigenvalue weighted by Crippen LogP contribution is 2.52. The molecule has 0 aromatic heterocycles. The smallest absolute Gasteiger partial charge is 0.0412 e. The third-order valence-corrected chi connectivity index (χ3v) is 5.08. The lowest BCUT2D eigenvalue weighted by Crippen LogP contribution is -2.34. The lowest BCUT2D eigenvalue weighted by atomic mass is 9.73. The van der Waals surface area contributed by atoms with E-state index >= 15 is 0 Å². The van der Waals surface area contributed by atoms with Gasteiger partial charge in [-0.2, -0.15) is 0 Å². The van der Waals surface area contributed by atoms with E-state index in [1.165, 1.54) is 11.4 Å². The Kier molecular flexibility index (Phi) is 2.82. The first-order valence-electron chi connectivity index (χ1n) is 7.22. The topological polar surface area (TPSA) is 55.3 Å². The van der Waals surface area contributed by atoms with Gasteiger partial charge in [-0.1, -0.05) is 13.8 Å². The number of allylic oxidation sites excluding steroid dienone is 4. The van der Waals surface area contributed by atoms with E-state index in [1.807, 2.05) is 18.2 Å². The number of anilines is 2. The molecule has 1 fully saturated rings. The molecule has 20 heavy (non-hydrogen) atoms. The maximum absolute atomic E-state index is 6.04. The second kappa shape index (κ2) is 4.30. The maximum Gasteiger partial charge on any atom is 0.0412 e. The van der Waals surface area contributed by atoms with Gasteiger partial charge < -0.3 is 16.4 Å². The first-order valence-corrected chi connectivity index (χ1v) is 7.22. The molecule has 0 saturated carbocycles. The molecule has 4 N–H and O–H groups in total. The van der Waals surface area contributed by atoms with Gasteiger partial charge in [0.1, 0.15) is 0 Å². The quantitative estimate of drug-likeness (QED) is 0.769. The molecule has 3 nitrogen and oxygen atoms in total. The van der Waals surface area contributed by atoms with Crippen molar-refractivity contribution in [2.24, 2.45) is 17.1 Å². The van der Waals surface area contributed by atoms with Crippen LogP contribution >= 0.6 is 0 Å². The van der Waals surface area contributed by atoms with Crippen molar-refractivity contribution in [3.8, 4) is 0 Å². The largest absolute Gasteiger partial charge is 0.402 e. The summed E-state index contributed by atoms with van der Waals surface area (Å²) in [5.74, 6) is 0.486. The maximum atomic E-state index is 6.04. The molecule has 0 amide bonds. The minimum absolute atomic E-state index is 0.200. The van der Waals surface area contributed by atoms with Crippen LogP contribution in [0.1, 0.15) is 27.2 Å². The normalized spacial score (nSPS) is 27.9. The summed E-state index contributed by atoms with van der Waals surface area (Å²) < 4.78 is 0. The van der Waals surface area contributed by atoms with Crippen molar-refractivity contribution in [1.29, 1.82) is 0 Å². The molecule has 3 heteroatoms. The summed E-state index contributed by atoms with van der Waals surface area (Å²) in [6, 6.07) is 8.58. The second-order valence-corrected chi connectivity index (χ2v) is 6.55. The summed E-state index contributed by atoms with van der Waals surface area (Å²) in [7, 11) is 0. The van der Waals surface area contributed by atoms with Gasteiger partial charge in [-0.25, -0.2) is 0 Å². The van der Waals surface area contributed by atoms with Crippen molar-refractivity contribution >= 4 is 11.4 Å². The van der Waals surface area contributed by atoms with Crippen LogP contribution in [0.2, 0.25) is 0 Å². The fraction of sp³-hybridized carbons (Fsp3) is 0.412.